The third-order valence-electron chi connectivity index (χ3n) is 4.84. The summed E-state index contributed by atoms with van der Waals surface area (Å²) in [6.45, 7) is 1.66. The Hall–Kier alpha value is -2.27. The molecule has 0 radical (unpaired) electrons. The molecule has 0 saturated heterocycles. The molecule has 1 aliphatic carbocycles. The van der Waals surface area contributed by atoms with Crippen molar-refractivity contribution >= 4 is 5.91 Å². The van der Waals surface area contributed by atoms with Crippen molar-refractivity contribution in [2.24, 2.45) is 5.41 Å². The van der Waals surface area contributed by atoms with Gasteiger partial charge in [0.1, 0.15) is 0 Å². The molecule has 3 rings (SSSR count). The van der Waals surface area contributed by atoms with Crippen LogP contribution in [0.5, 0.6) is 0 Å². The van der Waals surface area contributed by atoms with Gasteiger partial charge >= 0.3 is 0 Å². The minimum absolute atomic E-state index is 0.106. The number of nitrogens with one attached hydrogen (secondary N) is 1. The summed E-state index contributed by atoms with van der Waals surface area (Å²) in [5.74, 6) is -2.09. The summed E-state index contributed by atoms with van der Waals surface area (Å²) >= 11 is 0. The van der Waals surface area contributed by atoms with Crippen LogP contribution in [-0.2, 0) is 11.2 Å². The molecular formula is C20H21F2NO2. The van der Waals surface area contributed by atoms with Crippen molar-refractivity contribution in [2.45, 2.75) is 38.3 Å². The lowest BCUT2D eigenvalue weighted by Crippen LogP contribution is -2.42. The summed E-state index contributed by atoms with van der Waals surface area (Å²) < 4.78 is 26.4. The third-order valence-corrected chi connectivity index (χ3v) is 4.84. The van der Waals surface area contributed by atoms with Gasteiger partial charge in [-0.3, -0.25) is 4.79 Å². The van der Waals surface area contributed by atoms with Gasteiger partial charge in [-0.15, -0.1) is 0 Å². The van der Waals surface area contributed by atoms with E-state index in [-0.39, 0.29) is 11.5 Å². The SMILES string of the molecule is CC(NC(=O)C1(Cc2ccccc2)CC1)C(O)c1ccc(F)c(F)c1. The Balaban J connectivity index is 1.64. The van der Waals surface area contributed by atoms with Gasteiger partial charge in [0, 0.05) is 0 Å². The molecule has 1 amide bonds. The molecular weight excluding hydrogens is 324 g/mol. The van der Waals surface area contributed by atoms with Crippen LogP contribution >= 0.6 is 0 Å². The van der Waals surface area contributed by atoms with Crippen LogP contribution in [0, 0.1) is 17.0 Å². The van der Waals surface area contributed by atoms with E-state index in [2.05, 4.69) is 5.32 Å². The number of hydrogen-bond acceptors (Lipinski definition) is 2. The van der Waals surface area contributed by atoms with E-state index in [1.54, 1.807) is 6.92 Å². The fourth-order valence-electron chi connectivity index (χ4n) is 3.05. The van der Waals surface area contributed by atoms with Crippen LogP contribution in [0.3, 0.4) is 0 Å². The number of aliphatic hydroxyl groups is 1. The Morgan fingerprint density at radius 3 is 2.44 bits per heavy atom. The quantitative estimate of drug-likeness (QED) is 0.841. The van der Waals surface area contributed by atoms with Crippen LogP contribution in [0.4, 0.5) is 8.78 Å². The van der Waals surface area contributed by atoms with Crippen molar-refractivity contribution in [3.63, 3.8) is 0 Å². The Morgan fingerprint density at radius 1 is 1.16 bits per heavy atom. The first kappa shape index (κ1) is 17.5. The lowest BCUT2D eigenvalue weighted by Gasteiger charge is -2.24. The zero-order chi connectivity index (χ0) is 18.0. The number of carbonyl (C=O) groups excluding carboxylic acids is 1. The van der Waals surface area contributed by atoms with E-state index in [9.17, 15) is 18.7 Å². The van der Waals surface area contributed by atoms with Crippen molar-refractivity contribution in [2.75, 3.05) is 0 Å². The van der Waals surface area contributed by atoms with Crippen molar-refractivity contribution in [3.05, 3.63) is 71.3 Å². The van der Waals surface area contributed by atoms with Crippen LogP contribution in [-0.4, -0.2) is 17.1 Å². The van der Waals surface area contributed by atoms with Gasteiger partial charge in [-0.25, -0.2) is 8.78 Å². The van der Waals surface area contributed by atoms with Gasteiger partial charge in [0.15, 0.2) is 11.6 Å². The van der Waals surface area contributed by atoms with Gasteiger partial charge < -0.3 is 10.4 Å². The van der Waals surface area contributed by atoms with E-state index in [4.69, 9.17) is 0 Å². The van der Waals surface area contributed by atoms with Crippen molar-refractivity contribution in [3.8, 4) is 0 Å². The number of aliphatic hydroxyl groups excluding tert-OH is 1. The summed E-state index contributed by atoms with van der Waals surface area (Å²) in [5, 5.41) is 13.2. The predicted molar refractivity (Wildman–Crippen MR) is 90.7 cm³/mol. The van der Waals surface area contributed by atoms with Crippen molar-refractivity contribution in [1.29, 1.82) is 0 Å². The molecule has 0 aliphatic heterocycles. The largest absolute Gasteiger partial charge is 0.386 e. The molecule has 2 aromatic carbocycles. The first-order chi connectivity index (χ1) is 11.9. The highest BCUT2D eigenvalue weighted by atomic mass is 19.2. The molecule has 1 aliphatic rings. The molecule has 2 N–H and O–H groups in total. The topological polar surface area (TPSA) is 49.3 Å². The average molecular weight is 345 g/mol. The molecule has 5 heteroatoms. The highest BCUT2D eigenvalue weighted by Gasteiger charge is 2.50. The number of amides is 1. The standard InChI is InChI=1S/C20H21F2NO2/c1-13(18(24)15-7-8-16(21)17(22)11-15)23-19(25)20(9-10-20)12-14-5-3-2-4-6-14/h2-8,11,13,18,24H,9-10,12H2,1H3,(H,23,25). The third kappa shape index (κ3) is 3.87. The molecule has 3 nitrogen and oxygen atoms in total. The van der Waals surface area contributed by atoms with Gasteiger partial charge in [-0.1, -0.05) is 36.4 Å². The van der Waals surface area contributed by atoms with Crippen LogP contribution in [0.2, 0.25) is 0 Å². The van der Waals surface area contributed by atoms with Crippen molar-refractivity contribution < 1.29 is 18.7 Å². The Labute approximate surface area is 145 Å². The van der Waals surface area contributed by atoms with Gasteiger partial charge in [-0.2, -0.15) is 0 Å². The summed E-state index contributed by atoms with van der Waals surface area (Å²) in [5.41, 5.74) is 0.909. The maximum absolute atomic E-state index is 13.3. The van der Waals surface area contributed by atoms with Gasteiger partial charge in [-0.05, 0) is 49.4 Å². The van der Waals surface area contributed by atoms with Crippen LogP contribution in [0.1, 0.15) is 37.0 Å². The number of rotatable bonds is 6. The minimum atomic E-state index is -1.11. The number of benzene rings is 2. The van der Waals surface area contributed by atoms with Gasteiger partial charge in [0.05, 0.1) is 17.6 Å². The van der Waals surface area contributed by atoms with E-state index < -0.39 is 29.2 Å². The Morgan fingerprint density at radius 2 is 1.84 bits per heavy atom. The van der Waals surface area contributed by atoms with Crippen LogP contribution in [0.25, 0.3) is 0 Å². The van der Waals surface area contributed by atoms with E-state index in [1.807, 2.05) is 30.3 Å². The van der Waals surface area contributed by atoms with Crippen LogP contribution in [0.15, 0.2) is 48.5 Å². The summed E-state index contributed by atoms with van der Waals surface area (Å²) in [6, 6.07) is 12.5. The maximum Gasteiger partial charge on any atom is 0.226 e. The van der Waals surface area contributed by atoms with E-state index in [0.29, 0.717) is 6.42 Å². The highest BCUT2D eigenvalue weighted by molar-refractivity contribution is 5.85. The second kappa shape index (κ2) is 6.92. The first-order valence-corrected chi connectivity index (χ1v) is 8.39. The van der Waals surface area contributed by atoms with Crippen molar-refractivity contribution in [1.82, 2.24) is 5.32 Å². The molecule has 0 spiro atoms. The van der Waals surface area contributed by atoms with Gasteiger partial charge in [0.25, 0.3) is 0 Å². The number of hydrogen-bond donors (Lipinski definition) is 2. The smallest absolute Gasteiger partial charge is 0.226 e. The van der Waals surface area contributed by atoms with Gasteiger partial charge in [0.2, 0.25) is 5.91 Å². The fraction of sp³-hybridized carbons (Fsp3) is 0.350. The lowest BCUT2D eigenvalue weighted by molar-refractivity contribution is -0.127. The average Bonchev–Trinajstić information content (AvgIpc) is 3.38. The Kier molecular flexibility index (Phi) is 4.86. The minimum Gasteiger partial charge on any atom is -0.386 e. The number of halogens is 2. The molecule has 0 aromatic heterocycles. The molecule has 0 heterocycles. The monoisotopic (exact) mass is 345 g/mol. The molecule has 2 unspecified atom stereocenters. The molecule has 2 aromatic rings. The predicted octanol–water partition coefficient (Wildman–Crippen LogP) is 3.53. The second-order valence-electron chi connectivity index (χ2n) is 6.82. The Bertz CT molecular complexity index is 760. The summed E-state index contributed by atoms with van der Waals surface area (Å²) in [7, 11) is 0. The maximum atomic E-state index is 13.3. The van der Waals surface area contributed by atoms with Crippen LogP contribution < -0.4 is 5.32 Å². The zero-order valence-electron chi connectivity index (χ0n) is 14.0. The van der Waals surface area contributed by atoms with E-state index in [0.717, 1.165) is 30.5 Å². The second-order valence-corrected chi connectivity index (χ2v) is 6.82. The fourth-order valence-corrected chi connectivity index (χ4v) is 3.05. The molecule has 1 saturated carbocycles. The molecule has 25 heavy (non-hydrogen) atoms. The molecule has 2 atom stereocenters. The normalized spacial score (nSPS) is 17.6. The zero-order valence-corrected chi connectivity index (χ0v) is 14.0. The molecule has 132 valence electrons. The first-order valence-electron chi connectivity index (χ1n) is 8.39. The summed E-state index contributed by atoms with van der Waals surface area (Å²) in [4.78, 5) is 12.6. The summed E-state index contributed by atoms with van der Waals surface area (Å²) in [6.07, 6.45) is 1.17. The highest BCUT2D eigenvalue weighted by Crippen LogP contribution is 2.48. The lowest BCUT2D eigenvalue weighted by atomic mass is 9.94. The number of carbonyl (C=O) groups is 1. The van der Waals surface area contributed by atoms with E-state index in [1.165, 1.54) is 6.07 Å². The molecule has 0 bridgehead atoms. The molecule has 1 fully saturated rings. The van der Waals surface area contributed by atoms with E-state index >= 15 is 0 Å².